The number of benzene rings is 3. The lowest BCUT2D eigenvalue weighted by Gasteiger charge is -2.17. The maximum absolute atomic E-state index is 13.0. The number of thioether (sulfide) groups is 1. The Kier molecular flexibility index (Phi) is 6.37. The number of anilines is 1. The number of hydrogen-bond acceptors (Lipinski definition) is 4. The summed E-state index contributed by atoms with van der Waals surface area (Å²) in [5.41, 5.74) is 3.83. The smallest absolute Gasteiger partial charge is 0.289 e. The van der Waals surface area contributed by atoms with E-state index in [1.54, 1.807) is 47.5 Å². The van der Waals surface area contributed by atoms with Crippen LogP contribution in [-0.4, -0.2) is 16.8 Å². The Morgan fingerprint density at radius 2 is 1.69 bits per heavy atom. The summed E-state index contributed by atoms with van der Waals surface area (Å²) in [5, 5.41) is 3.24. The fourth-order valence-electron chi connectivity index (χ4n) is 2.99. The van der Waals surface area contributed by atoms with Crippen LogP contribution in [0, 0.1) is 0 Å². The van der Waals surface area contributed by atoms with E-state index in [2.05, 4.69) is 10.4 Å². The molecule has 0 saturated carbocycles. The lowest BCUT2D eigenvalue weighted by molar-refractivity contribution is -0.137. The molecule has 4 rings (SSSR count). The van der Waals surface area contributed by atoms with Gasteiger partial charge in [0, 0.05) is 11.1 Å². The third-order valence-corrected chi connectivity index (χ3v) is 6.15. The molecule has 32 heavy (non-hydrogen) atoms. The van der Waals surface area contributed by atoms with Crippen LogP contribution in [0.2, 0.25) is 10.0 Å². The second kappa shape index (κ2) is 9.05. The molecular formula is C22H14Cl2F3N3OS. The highest BCUT2D eigenvalue weighted by Crippen LogP contribution is 2.31. The van der Waals surface area contributed by atoms with Crippen LogP contribution in [0.15, 0.2) is 71.7 Å². The molecule has 0 aromatic heterocycles. The normalized spacial score (nSPS) is 15.2. The van der Waals surface area contributed by atoms with Gasteiger partial charge < -0.3 is 0 Å². The molecule has 0 atom stereocenters. The largest absolute Gasteiger partial charge is 0.416 e. The summed E-state index contributed by atoms with van der Waals surface area (Å²) in [6.07, 6.45) is -4.51. The van der Waals surface area contributed by atoms with Crippen LogP contribution in [0.1, 0.15) is 21.5 Å². The number of aliphatic imine (C=N–C) groups is 1. The number of nitrogens with one attached hydrogen (secondary N) is 1. The molecule has 1 N–H and O–H groups in total. The molecule has 1 aliphatic rings. The minimum absolute atomic E-state index is 0.0254. The monoisotopic (exact) mass is 495 g/mol. The van der Waals surface area contributed by atoms with Crippen molar-refractivity contribution < 1.29 is 18.0 Å². The average molecular weight is 496 g/mol. The maximum atomic E-state index is 13.0. The summed E-state index contributed by atoms with van der Waals surface area (Å²) in [6.45, 7) is 0. The predicted octanol–water partition coefficient (Wildman–Crippen LogP) is 6.95. The molecule has 0 aliphatic carbocycles. The van der Waals surface area contributed by atoms with Crippen LogP contribution in [-0.2, 0) is 6.18 Å². The second-order valence-corrected chi connectivity index (χ2v) is 8.53. The fraction of sp³-hybridized carbons (Fsp3) is 0.0909. The Bertz CT molecular complexity index is 1220. The van der Waals surface area contributed by atoms with Crippen molar-refractivity contribution >= 4 is 57.3 Å². The molecule has 0 bridgehead atoms. The standard InChI is InChI=1S/C22H14Cl2F3N3OS/c23-18-8-7-16(11-19(18)24)28-21-29-30(12-32-21)17-6-2-4-14(10-17)20(31)13-3-1-5-15(9-13)22(25,26)27/h1-11H,12H2,(H,28,29). The van der Waals surface area contributed by atoms with Crippen molar-refractivity contribution in [1.29, 1.82) is 0 Å². The minimum Gasteiger partial charge on any atom is -0.289 e. The van der Waals surface area contributed by atoms with Gasteiger partial charge in [0.05, 0.1) is 32.9 Å². The van der Waals surface area contributed by atoms with E-state index < -0.39 is 17.5 Å². The van der Waals surface area contributed by atoms with Crippen molar-refractivity contribution in [3.05, 3.63) is 93.5 Å². The van der Waals surface area contributed by atoms with Gasteiger partial charge in [0.2, 0.25) is 0 Å². The number of nitrogens with zero attached hydrogens (tertiary/aromatic N) is 2. The summed E-state index contributed by atoms with van der Waals surface area (Å²) in [5.74, 6) is 0.0240. The van der Waals surface area contributed by atoms with E-state index in [4.69, 9.17) is 23.2 Å². The van der Waals surface area contributed by atoms with Gasteiger partial charge in [-0.05, 0) is 42.5 Å². The van der Waals surface area contributed by atoms with Gasteiger partial charge in [0.15, 0.2) is 11.0 Å². The van der Waals surface area contributed by atoms with Gasteiger partial charge in [-0.2, -0.15) is 13.2 Å². The van der Waals surface area contributed by atoms with Crippen molar-refractivity contribution in [2.45, 2.75) is 6.18 Å². The number of carbonyl (C=O) groups excluding carboxylic acids is 1. The summed E-state index contributed by atoms with van der Waals surface area (Å²) in [6, 6.07) is 16.1. The van der Waals surface area contributed by atoms with Crippen LogP contribution in [0.25, 0.3) is 0 Å². The number of carbonyl (C=O) groups is 1. The van der Waals surface area contributed by atoms with Gasteiger partial charge in [-0.25, -0.2) is 4.99 Å². The molecule has 4 nitrogen and oxygen atoms in total. The number of hydrogen-bond donors (Lipinski definition) is 1. The molecule has 1 fully saturated rings. The number of ketones is 1. The van der Waals surface area contributed by atoms with E-state index >= 15 is 0 Å². The number of amidine groups is 1. The van der Waals surface area contributed by atoms with E-state index in [1.807, 2.05) is 0 Å². The maximum Gasteiger partial charge on any atom is 0.416 e. The van der Waals surface area contributed by atoms with Gasteiger partial charge in [-0.15, -0.1) is 0 Å². The van der Waals surface area contributed by atoms with E-state index in [-0.39, 0.29) is 11.1 Å². The van der Waals surface area contributed by atoms with Gasteiger partial charge in [0.1, 0.15) is 0 Å². The van der Waals surface area contributed by atoms with Crippen LogP contribution >= 0.6 is 35.0 Å². The Morgan fingerprint density at radius 3 is 2.41 bits per heavy atom. The van der Waals surface area contributed by atoms with Crippen molar-refractivity contribution in [3.63, 3.8) is 0 Å². The minimum atomic E-state index is -4.51. The number of alkyl halides is 3. The lowest BCUT2D eigenvalue weighted by atomic mass is 10.0. The molecule has 1 aliphatic heterocycles. The van der Waals surface area contributed by atoms with Crippen LogP contribution in [0.5, 0.6) is 0 Å². The van der Waals surface area contributed by atoms with Crippen molar-refractivity contribution in [3.8, 4) is 0 Å². The Labute approximate surface area is 196 Å². The second-order valence-electron chi connectivity index (χ2n) is 6.79. The molecule has 0 unspecified atom stereocenters. The third-order valence-electron chi connectivity index (χ3n) is 4.57. The zero-order valence-electron chi connectivity index (χ0n) is 16.2. The summed E-state index contributed by atoms with van der Waals surface area (Å²) in [7, 11) is 0. The van der Waals surface area contributed by atoms with Crippen LogP contribution < -0.4 is 10.4 Å². The Morgan fingerprint density at radius 1 is 0.969 bits per heavy atom. The fourth-order valence-corrected chi connectivity index (χ4v) is 4.09. The average Bonchev–Trinajstić information content (AvgIpc) is 3.24. The highest BCUT2D eigenvalue weighted by atomic mass is 35.5. The van der Waals surface area contributed by atoms with Gasteiger partial charge in [-0.3, -0.25) is 15.2 Å². The quantitative estimate of drug-likeness (QED) is 0.398. The molecule has 3 aromatic rings. The van der Waals surface area contributed by atoms with Crippen LogP contribution in [0.3, 0.4) is 0 Å². The first kappa shape index (κ1) is 22.5. The molecular weight excluding hydrogens is 482 g/mol. The zero-order chi connectivity index (χ0) is 22.9. The summed E-state index contributed by atoms with van der Waals surface area (Å²) in [4.78, 5) is 17.3. The third kappa shape index (κ3) is 5.03. The first-order chi connectivity index (χ1) is 15.2. The molecule has 10 heteroatoms. The van der Waals surface area contributed by atoms with Crippen molar-refractivity contribution in [2.24, 2.45) is 4.99 Å². The lowest BCUT2D eigenvalue weighted by Crippen LogP contribution is -2.33. The van der Waals surface area contributed by atoms with Gasteiger partial charge in [0.25, 0.3) is 0 Å². The van der Waals surface area contributed by atoms with Crippen molar-refractivity contribution in [2.75, 3.05) is 10.9 Å². The highest BCUT2D eigenvalue weighted by Gasteiger charge is 2.31. The van der Waals surface area contributed by atoms with E-state index in [0.717, 1.165) is 12.1 Å². The molecule has 3 aromatic carbocycles. The van der Waals surface area contributed by atoms with E-state index in [9.17, 15) is 18.0 Å². The molecule has 0 radical (unpaired) electrons. The van der Waals surface area contributed by atoms with E-state index in [1.165, 1.54) is 23.9 Å². The SMILES string of the molecule is O=C(c1cccc(N2CSC(=Nc3ccc(Cl)c(Cl)c3)N2)c1)c1cccc(C(F)(F)F)c1. The Hall–Kier alpha value is -2.68. The number of rotatable bonds is 4. The first-order valence-electron chi connectivity index (χ1n) is 9.23. The van der Waals surface area contributed by atoms with Gasteiger partial charge in [-0.1, -0.05) is 59.2 Å². The Balaban J connectivity index is 1.53. The summed E-state index contributed by atoms with van der Waals surface area (Å²) >= 11 is 13.4. The molecule has 0 spiro atoms. The molecule has 0 amide bonds. The van der Waals surface area contributed by atoms with E-state index in [0.29, 0.717) is 32.5 Å². The highest BCUT2D eigenvalue weighted by molar-refractivity contribution is 8.14. The molecule has 164 valence electrons. The van der Waals surface area contributed by atoms with Crippen molar-refractivity contribution in [1.82, 2.24) is 5.43 Å². The topological polar surface area (TPSA) is 44.7 Å². The molecule has 1 heterocycles. The van der Waals surface area contributed by atoms with Gasteiger partial charge >= 0.3 is 6.18 Å². The summed E-state index contributed by atoms with van der Waals surface area (Å²) < 4.78 is 38.9. The number of hydrazine groups is 1. The molecule has 1 saturated heterocycles. The zero-order valence-corrected chi connectivity index (χ0v) is 18.5. The predicted molar refractivity (Wildman–Crippen MR) is 123 cm³/mol. The number of halogens is 5. The first-order valence-corrected chi connectivity index (χ1v) is 11.0. The van der Waals surface area contributed by atoms with Crippen LogP contribution in [0.4, 0.5) is 24.5 Å².